The number of piperidine rings is 1. The van der Waals surface area contributed by atoms with Gasteiger partial charge in [0, 0.05) is 69.0 Å². The van der Waals surface area contributed by atoms with Gasteiger partial charge in [0.25, 0.3) is 0 Å². The first-order chi connectivity index (χ1) is 44.8. The number of amides is 12. The molecule has 0 bridgehead atoms. The second kappa shape index (κ2) is 35.2. The van der Waals surface area contributed by atoms with E-state index in [-0.39, 0.29) is 56.9 Å². The van der Waals surface area contributed by atoms with E-state index in [1.807, 2.05) is 20.8 Å². The molecule has 0 spiro atoms. The van der Waals surface area contributed by atoms with Crippen molar-refractivity contribution in [3.8, 4) is 0 Å². The number of likely N-dealkylation sites (N-methyl/N-ethyl adjacent to an activating group) is 7. The highest BCUT2D eigenvalue weighted by Gasteiger charge is 2.50. The first-order valence-corrected chi connectivity index (χ1v) is 34.8. The summed E-state index contributed by atoms with van der Waals surface area (Å²) in [5.41, 5.74) is -1.78. The lowest BCUT2D eigenvalue weighted by Gasteiger charge is -2.41. The van der Waals surface area contributed by atoms with Gasteiger partial charge in [-0.05, 0) is 120 Å². The zero-order valence-electron chi connectivity index (χ0n) is 59.7. The Morgan fingerprint density at radius 1 is 0.594 bits per heavy atom. The van der Waals surface area contributed by atoms with Crippen LogP contribution in [-0.4, -0.2) is 264 Å². The van der Waals surface area contributed by atoms with E-state index in [9.17, 15) is 65.9 Å². The molecule has 3 saturated heterocycles. The Balaban J connectivity index is 1.57. The lowest BCUT2D eigenvalue weighted by atomic mass is 9.78. The lowest BCUT2D eigenvalue weighted by molar-refractivity contribution is -0.201. The van der Waals surface area contributed by atoms with E-state index in [1.54, 1.807) is 25.7 Å². The van der Waals surface area contributed by atoms with Crippen LogP contribution in [0, 0.1) is 35.5 Å². The number of carbonyl (C=O) groups excluding carboxylic acids is 12. The molecular formula is C68H112F4N12O12. The molecule has 2 saturated carbocycles. The van der Waals surface area contributed by atoms with Crippen molar-refractivity contribution in [2.45, 2.75) is 238 Å². The van der Waals surface area contributed by atoms with Crippen LogP contribution in [0.1, 0.15) is 177 Å². The van der Waals surface area contributed by atoms with Crippen LogP contribution in [0.2, 0.25) is 0 Å². The molecule has 3 heterocycles. The Morgan fingerprint density at radius 2 is 1.19 bits per heavy atom. The van der Waals surface area contributed by atoms with Crippen molar-refractivity contribution in [1.82, 2.24) is 60.0 Å². The average Bonchev–Trinajstić information content (AvgIpc) is 1.02. The number of nitrogens with one attached hydrogen (secondary N) is 3. The number of hydrogen-bond donors (Lipinski definition) is 3. The van der Waals surface area contributed by atoms with Crippen LogP contribution in [0.3, 0.4) is 0 Å². The number of halogens is 4. The second-order valence-corrected chi connectivity index (χ2v) is 29.4. The Bertz CT molecular complexity index is 2760. The van der Waals surface area contributed by atoms with E-state index in [0.717, 1.165) is 58.1 Å². The maximum Gasteiger partial charge on any atom is 0.394 e. The van der Waals surface area contributed by atoms with Gasteiger partial charge in [-0.15, -0.1) is 0 Å². The smallest absolute Gasteiger partial charge is 0.343 e. The molecule has 12 amide bonds. The molecule has 28 heteroatoms. The van der Waals surface area contributed by atoms with E-state index in [0.29, 0.717) is 38.8 Å². The van der Waals surface area contributed by atoms with Crippen molar-refractivity contribution in [3.05, 3.63) is 0 Å². The minimum Gasteiger partial charge on any atom is -0.343 e. The minimum atomic E-state index is -4.75. The number of hydrogen-bond acceptors (Lipinski definition) is 12. The third kappa shape index (κ3) is 20.9. The summed E-state index contributed by atoms with van der Waals surface area (Å²) in [5.74, 6) is -12.3. The summed E-state index contributed by atoms with van der Waals surface area (Å²) in [4.78, 5) is 187. The molecule has 0 aromatic carbocycles. The van der Waals surface area contributed by atoms with Gasteiger partial charge in [-0.3, -0.25) is 57.5 Å². The van der Waals surface area contributed by atoms with Gasteiger partial charge in [0.1, 0.15) is 54.0 Å². The number of carbonyl (C=O) groups is 12. The van der Waals surface area contributed by atoms with E-state index < -0.39 is 194 Å². The third-order valence-corrected chi connectivity index (χ3v) is 20.7. The molecule has 3 unspecified atom stereocenters. The molecular weight excluding hydrogens is 1250 g/mol. The van der Waals surface area contributed by atoms with Crippen molar-refractivity contribution in [1.29, 1.82) is 0 Å². The van der Waals surface area contributed by atoms with Crippen LogP contribution in [0.5, 0.6) is 0 Å². The van der Waals surface area contributed by atoms with Gasteiger partial charge in [-0.1, -0.05) is 80.1 Å². The van der Waals surface area contributed by atoms with Gasteiger partial charge in [-0.2, -0.15) is 13.2 Å². The Kier molecular flexibility index (Phi) is 29.4. The predicted octanol–water partition coefficient (Wildman–Crippen LogP) is 4.76. The summed E-state index contributed by atoms with van der Waals surface area (Å²) < 4.78 is 56.5. The number of nitrogens with zero attached hydrogens (tertiary/aromatic N) is 9. The minimum absolute atomic E-state index is 0.00811. The molecule has 544 valence electrons. The number of alkyl halides is 4. The highest BCUT2D eigenvalue weighted by Crippen LogP contribution is 2.43. The molecule has 3 N–H and O–H groups in total. The maximum absolute atomic E-state index is 15.2. The lowest BCUT2D eigenvalue weighted by Crippen LogP contribution is -2.64. The zero-order valence-corrected chi connectivity index (χ0v) is 59.7. The molecule has 2 aliphatic carbocycles. The summed E-state index contributed by atoms with van der Waals surface area (Å²) in [6.07, 6.45) is -1.000. The molecule has 3 aliphatic heterocycles. The Hall–Kier alpha value is -6.64. The largest absolute Gasteiger partial charge is 0.394 e. The fourth-order valence-electron chi connectivity index (χ4n) is 14.4. The van der Waals surface area contributed by atoms with Crippen molar-refractivity contribution in [2.24, 2.45) is 35.5 Å². The van der Waals surface area contributed by atoms with Gasteiger partial charge in [0.2, 0.25) is 70.9 Å². The number of fused-ring (bicyclic) bond motifs is 1. The topological polar surface area (TPSA) is 270 Å². The van der Waals surface area contributed by atoms with Gasteiger partial charge in [-0.25, -0.2) is 4.39 Å². The van der Waals surface area contributed by atoms with Gasteiger partial charge >= 0.3 is 6.18 Å². The highest BCUT2D eigenvalue weighted by molar-refractivity contribution is 6.00. The number of likely N-dealkylation sites (tertiary alicyclic amines) is 1. The van der Waals surface area contributed by atoms with Crippen LogP contribution in [0.15, 0.2) is 0 Å². The highest BCUT2D eigenvalue weighted by atomic mass is 19.4. The zero-order chi connectivity index (χ0) is 72.0. The Labute approximate surface area is 565 Å². The molecule has 5 rings (SSSR count). The number of rotatable bonds is 11. The molecule has 11 atom stereocenters. The first-order valence-electron chi connectivity index (χ1n) is 34.8. The van der Waals surface area contributed by atoms with E-state index in [2.05, 4.69) is 16.0 Å². The molecule has 0 aromatic rings. The maximum atomic E-state index is 15.2. The van der Waals surface area contributed by atoms with E-state index >= 15 is 9.18 Å². The second-order valence-electron chi connectivity index (χ2n) is 29.4. The summed E-state index contributed by atoms with van der Waals surface area (Å²) >= 11 is 0. The van der Waals surface area contributed by atoms with E-state index in [4.69, 9.17) is 0 Å². The molecule has 5 fully saturated rings. The average molecular weight is 1370 g/mol. The third-order valence-electron chi connectivity index (χ3n) is 20.7. The summed E-state index contributed by atoms with van der Waals surface area (Å²) in [6, 6.07) is -8.91. The fourth-order valence-corrected chi connectivity index (χ4v) is 14.4. The monoisotopic (exact) mass is 1360 g/mol. The van der Waals surface area contributed by atoms with Crippen molar-refractivity contribution in [2.75, 3.05) is 88.6 Å². The quantitative estimate of drug-likeness (QED) is 0.237. The van der Waals surface area contributed by atoms with Crippen LogP contribution in [-0.2, 0) is 57.5 Å². The van der Waals surface area contributed by atoms with Crippen molar-refractivity contribution >= 4 is 70.9 Å². The van der Waals surface area contributed by atoms with Crippen LogP contribution >= 0.6 is 0 Å². The molecule has 5 aliphatic rings. The standard InChI is InChI=1S/C68H112F4N12O12/c1-16-43(6)57-64(94)78(11)39-55(87)76(9)40-56(88)80(13)51(36-44-24-19-17-20-25-44)62(92)77(10)38-53(85)73-48(30-28-45-27-29-46(47(69)35-45)68(70,71)72)61(91)84-33-23-26-49(84)60(90)75-67(7,8)66(96)82(15)58(42(4)5)65(95)81(14)52(63(93)83-31-21-18-22-32-83)37-54(86)79(12)50(34-41(2)3)59(89)74-57/h41-52,57-58H,16-40H2,1-15H3,(H,73,85)(H,74,89)(H,75,90)/t43-,45?,46?,47?,48-,49-,50-,51-,52-,57-,58-/m0/s1. The van der Waals surface area contributed by atoms with Crippen LogP contribution in [0.25, 0.3) is 0 Å². The van der Waals surface area contributed by atoms with Gasteiger partial charge < -0.3 is 60.0 Å². The van der Waals surface area contributed by atoms with Gasteiger partial charge in [0.15, 0.2) is 0 Å². The normalized spacial score (nSPS) is 29.1. The van der Waals surface area contributed by atoms with Crippen molar-refractivity contribution in [3.63, 3.8) is 0 Å². The molecule has 0 aromatic heterocycles. The molecule has 96 heavy (non-hydrogen) atoms. The van der Waals surface area contributed by atoms with Crippen LogP contribution < -0.4 is 16.0 Å². The van der Waals surface area contributed by atoms with Gasteiger partial charge in [0.05, 0.1) is 32.0 Å². The molecule has 0 radical (unpaired) electrons. The van der Waals surface area contributed by atoms with E-state index in [1.165, 1.54) is 82.8 Å². The van der Waals surface area contributed by atoms with Crippen LogP contribution in [0.4, 0.5) is 17.6 Å². The summed E-state index contributed by atoms with van der Waals surface area (Å²) in [7, 11) is 9.69. The Morgan fingerprint density at radius 3 is 1.77 bits per heavy atom. The predicted molar refractivity (Wildman–Crippen MR) is 351 cm³/mol. The van der Waals surface area contributed by atoms with Crippen molar-refractivity contribution < 1.29 is 75.1 Å². The summed E-state index contributed by atoms with van der Waals surface area (Å²) in [6.45, 7) is 12.5. The first kappa shape index (κ1) is 80.0. The SMILES string of the molecule is CC[C@H](C)[C@@H]1NC(=O)[C@H](CC(C)C)N(C)C(=O)C[C@@H](C(=O)N2CCCCC2)N(C)C(=O)[C@H](C(C)C)N(C)C(=O)C(C)(C)NC(=O)[C@@H]2CCCN2C(=O)[C@H](CCC2CCC(C(F)(F)F)C(F)C2)NC(=O)CN(C)C(=O)[C@H](CC2CCCCC2)N(C)C(=O)CN(C)C(=O)CN(C)C1=O. The fraction of sp³-hybridized carbons (Fsp3) is 0.824. The molecule has 24 nitrogen and oxygen atoms in total. The summed E-state index contributed by atoms with van der Waals surface area (Å²) in [5, 5.41) is 8.38.